The number of hydrogen-bond acceptors (Lipinski definition) is 2. The van der Waals surface area contributed by atoms with Crippen molar-refractivity contribution < 1.29 is 9.23 Å². The summed E-state index contributed by atoms with van der Waals surface area (Å²) < 4.78 is 13.9. The maximum atomic E-state index is 13.5. The van der Waals surface area contributed by atoms with Crippen LogP contribution >= 0.6 is 15.9 Å². The molecule has 0 aliphatic carbocycles. The lowest BCUT2D eigenvalue weighted by molar-refractivity contribution is -0.0261. The van der Waals surface area contributed by atoms with Crippen LogP contribution in [-0.4, -0.2) is 0 Å². The summed E-state index contributed by atoms with van der Waals surface area (Å²) in [4.78, 5) is 4.70. The molecule has 0 spiro atoms. The molecule has 0 bridgehead atoms. The van der Waals surface area contributed by atoms with Crippen molar-refractivity contribution in [2.45, 2.75) is 19.4 Å². The first-order valence-electron chi connectivity index (χ1n) is 3.81. The van der Waals surface area contributed by atoms with Gasteiger partial charge in [-0.2, -0.15) is 0 Å². The fourth-order valence-corrected chi connectivity index (χ4v) is 1.40. The van der Waals surface area contributed by atoms with Crippen LogP contribution in [0.4, 0.5) is 4.39 Å². The predicted molar refractivity (Wildman–Crippen MR) is 52.4 cm³/mol. The summed E-state index contributed by atoms with van der Waals surface area (Å²) in [6, 6.07) is 5.02. The van der Waals surface area contributed by atoms with Gasteiger partial charge in [-0.3, -0.25) is 4.84 Å². The zero-order valence-corrected chi connectivity index (χ0v) is 9.06. The molecule has 0 aliphatic heterocycles. The van der Waals surface area contributed by atoms with E-state index in [2.05, 4.69) is 15.9 Å². The molecule has 0 radical (unpaired) electrons. The third-order valence-electron chi connectivity index (χ3n) is 1.89. The van der Waals surface area contributed by atoms with Crippen molar-refractivity contribution >= 4 is 15.9 Å². The van der Waals surface area contributed by atoms with Crippen molar-refractivity contribution in [1.29, 1.82) is 0 Å². The van der Waals surface area contributed by atoms with Crippen molar-refractivity contribution in [3.63, 3.8) is 0 Å². The van der Waals surface area contributed by atoms with Gasteiger partial charge < -0.3 is 0 Å². The Hall–Kier alpha value is -0.450. The third kappa shape index (κ3) is 2.07. The summed E-state index contributed by atoms with van der Waals surface area (Å²) >= 11 is 3.10. The van der Waals surface area contributed by atoms with E-state index in [1.54, 1.807) is 32.0 Å². The third-order valence-corrected chi connectivity index (χ3v) is 2.51. The van der Waals surface area contributed by atoms with Crippen LogP contribution in [0.3, 0.4) is 0 Å². The van der Waals surface area contributed by atoms with E-state index < -0.39 is 5.60 Å². The monoisotopic (exact) mass is 247 g/mol. The largest absolute Gasteiger partial charge is 0.294 e. The normalized spacial score (nSPS) is 11.8. The first-order chi connectivity index (χ1) is 5.99. The molecule has 0 heterocycles. The number of nitrogens with two attached hydrogens (primary N) is 1. The molecule has 0 unspecified atom stereocenters. The van der Waals surface area contributed by atoms with E-state index in [-0.39, 0.29) is 5.82 Å². The molecule has 0 fully saturated rings. The molecule has 0 aliphatic rings. The van der Waals surface area contributed by atoms with Gasteiger partial charge in [-0.25, -0.2) is 10.3 Å². The molecule has 72 valence electrons. The molecule has 0 amide bonds. The Labute approximate surface area is 85.0 Å². The molecule has 1 rings (SSSR count). The molecule has 2 nitrogen and oxygen atoms in total. The standard InChI is InChI=1S/C9H11BrFNO/c1-9(2,13-12)6-4-3-5-7(10)8(6)11/h3-5H,12H2,1-2H3. The van der Waals surface area contributed by atoms with E-state index in [0.29, 0.717) is 10.0 Å². The zero-order valence-electron chi connectivity index (χ0n) is 7.47. The Morgan fingerprint density at radius 3 is 2.62 bits per heavy atom. The quantitative estimate of drug-likeness (QED) is 0.816. The van der Waals surface area contributed by atoms with Gasteiger partial charge in [0, 0.05) is 5.56 Å². The van der Waals surface area contributed by atoms with Crippen LogP contribution in [-0.2, 0) is 10.4 Å². The molecule has 2 N–H and O–H groups in total. The topological polar surface area (TPSA) is 35.2 Å². The summed E-state index contributed by atoms with van der Waals surface area (Å²) in [6.45, 7) is 3.41. The highest BCUT2D eigenvalue weighted by atomic mass is 79.9. The van der Waals surface area contributed by atoms with Gasteiger partial charge >= 0.3 is 0 Å². The van der Waals surface area contributed by atoms with Crippen LogP contribution in [0.5, 0.6) is 0 Å². The van der Waals surface area contributed by atoms with Gasteiger partial charge in [0.05, 0.1) is 4.47 Å². The van der Waals surface area contributed by atoms with Gasteiger partial charge in [0.25, 0.3) is 0 Å². The van der Waals surface area contributed by atoms with Crippen LogP contribution in [0.1, 0.15) is 19.4 Å². The Kier molecular flexibility index (Phi) is 3.05. The van der Waals surface area contributed by atoms with E-state index in [9.17, 15) is 4.39 Å². The minimum absolute atomic E-state index is 0.335. The van der Waals surface area contributed by atoms with E-state index >= 15 is 0 Å². The molecule has 13 heavy (non-hydrogen) atoms. The molecule has 0 saturated carbocycles. The molecule has 1 aromatic carbocycles. The second-order valence-electron chi connectivity index (χ2n) is 3.23. The fraction of sp³-hybridized carbons (Fsp3) is 0.333. The summed E-state index contributed by atoms with van der Waals surface area (Å²) in [5.41, 5.74) is -0.377. The Balaban J connectivity index is 3.22. The first-order valence-corrected chi connectivity index (χ1v) is 4.60. The van der Waals surface area contributed by atoms with Gasteiger partial charge in [0.1, 0.15) is 11.4 Å². The molecule has 4 heteroatoms. The van der Waals surface area contributed by atoms with Gasteiger partial charge in [0.2, 0.25) is 0 Å². The lowest BCUT2D eigenvalue weighted by Gasteiger charge is -2.22. The van der Waals surface area contributed by atoms with Gasteiger partial charge in [-0.05, 0) is 35.8 Å². The van der Waals surface area contributed by atoms with Crippen molar-refractivity contribution in [3.8, 4) is 0 Å². The highest BCUT2D eigenvalue weighted by Crippen LogP contribution is 2.29. The lowest BCUT2D eigenvalue weighted by atomic mass is 9.98. The molecule has 0 saturated heterocycles. The lowest BCUT2D eigenvalue weighted by Crippen LogP contribution is -2.26. The van der Waals surface area contributed by atoms with Gasteiger partial charge in [-0.15, -0.1) is 0 Å². The number of benzene rings is 1. The Bertz CT molecular complexity index is 314. The highest BCUT2D eigenvalue weighted by Gasteiger charge is 2.25. The van der Waals surface area contributed by atoms with Crippen molar-refractivity contribution in [2.24, 2.45) is 5.90 Å². The number of hydrogen-bond donors (Lipinski definition) is 1. The molecule has 0 aromatic heterocycles. The summed E-state index contributed by atoms with van der Waals surface area (Å²) in [6.07, 6.45) is 0. The van der Waals surface area contributed by atoms with Crippen LogP contribution in [0.25, 0.3) is 0 Å². The second-order valence-corrected chi connectivity index (χ2v) is 4.08. The van der Waals surface area contributed by atoms with Crippen LogP contribution < -0.4 is 5.90 Å². The molecular weight excluding hydrogens is 237 g/mol. The summed E-state index contributed by atoms with van der Waals surface area (Å²) in [7, 11) is 0. The van der Waals surface area contributed by atoms with Gasteiger partial charge in [0.15, 0.2) is 0 Å². The predicted octanol–water partition coefficient (Wildman–Crippen LogP) is 2.71. The second kappa shape index (κ2) is 3.74. The summed E-state index contributed by atoms with van der Waals surface area (Å²) in [5, 5.41) is 0. The van der Waals surface area contributed by atoms with E-state index in [0.717, 1.165) is 0 Å². The number of rotatable bonds is 2. The van der Waals surface area contributed by atoms with E-state index in [4.69, 9.17) is 10.7 Å². The van der Waals surface area contributed by atoms with Crippen molar-refractivity contribution in [3.05, 3.63) is 34.1 Å². The van der Waals surface area contributed by atoms with E-state index in [1.165, 1.54) is 0 Å². The minimum Gasteiger partial charge on any atom is -0.294 e. The minimum atomic E-state index is -0.812. The highest BCUT2D eigenvalue weighted by molar-refractivity contribution is 9.10. The molecule has 1 aromatic rings. The van der Waals surface area contributed by atoms with Crippen molar-refractivity contribution in [1.82, 2.24) is 0 Å². The Morgan fingerprint density at radius 1 is 1.46 bits per heavy atom. The van der Waals surface area contributed by atoms with Crippen molar-refractivity contribution in [2.75, 3.05) is 0 Å². The molecular formula is C9H11BrFNO. The average Bonchev–Trinajstić information content (AvgIpc) is 2.09. The average molecular weight is 248 g/mol. The van der Waals surface area contributed by atoms with E-state index in [1.807, 2.05) is 0 Å². The Morgan fingerprint density at radius 2 is 2.08 bits per heavy atom. The zero-order chi connectivity index (χ0) is 10.1. The van der Waals surface area contributed by atoms with Gasteiger partial charge in [-0.1, -0.05) is 12.1 Å². The van der Waals surface area contributed by atoms with Crippen LogP contribution in [0.15, 0.2) is 22.7 Å². The SMILES string of the molecule is CC(C)(ON)c1cccc(Br)c1F. The van der Waals surface area contributed by atoms with Crippen LogP contribution in [0.2, 0.25) is 0 Å². The smallest absolute Gasteiger partial charge is 0.143 e. The maximum Gasteiger partial charge on any atom is 0.143 e. The van der Waals surface area contributed by atoms with Crippen LogP contribution in [0, 0.1) is 5.82 Å². The maximum absolute atomic E-state index is 13.5. The summed E-state index contributed by atoms with van der Waals surface area (Å²) in [5.74, 6) is 4.74. The number of halogens is 2. The molecule has 0 atom stereocenters. The fourth-order valence-electron chi connectivity index (χ4n) is 1.03. The first kappa shape index (κ1) is 10.6.